The van der Waals surface area contributed by atoms with Gasteiger partial charge in [0.1, 0.15) is 0 Å². The summed E-state index contributed by atoms with van der Waals surface area (Å²) in [6, 6.07) is 5.18. The molecule has 102 valence electrons. The number of hydrogen-bond donors (Lipinski definition) is 2. The van der Waals surface area contributed by atoms with Crippen LogP contribution in [0.1, 0.15) is 11.6 Å². The standard InChI is InChI=1S/C13H12N4O3/c18-17(19)11-2-1-8(9-4-14-15-5-9)3-10(11)12-13(16-12)6-20-7-13/h1-5,12,16H,6-7H2,(H,14,15). The van der Waals surface area contributed by atoms with E-state index in [1.807, 2.05) is 6.07 Å². The minimum Gasteiger partial charge on any atom is -0.377 e. The highest BCUT2D eigenvalue weighted by atomic mass is 16.6. The summed E-state index contributed by atoms with van der Waals surface area (Å²) in [4.78, 5) is 10.9. The molecule has 7 heteroatoms. The largest absolute Gasteiger partial charge is 0.377 e. The Morgan fingerprint density at radius 3 is 2.80 bits per heavy atom. The van der Waals surface area contributed by atoms with E-state index < -0.39 is 0 Å². The summed E-state index contributed by atoms with van der Waals surface area (Å²) >= 11 is 0. The molecule has 0 aliphatic carbocycles. The van der Waals surface area contributed by atoms with Crippen molar-refractivity contribution in [2.24, 2.45) is 0 Å². The number of nitro benzene ring substituents is 1. The van der Waals surface area contributed by atoms with Gasteiger partial charge in [-0.3, -0.25) is 20.5 Å². The highest BCUT2D eigenvalue weighted by molar-refractivity contribution is 5.66. The van der Waals surface area contributed by atoms with Crippen molar-refractivity contribution in [1.82, 2.24) is 15.5 Å². The summed E-state index contributed by atoms with van der Waals surface area (Å²) in [5.41, 5.74) is 2.62. The average molecular weight is 272 g/mol. The summed E-state index contributed by atoms with van der Waals surface area (Å²) < 4.78 is 5.21. The number of nitrogens with zero attached hydrogens (tertiary/aromatic N) is 2. The van der Waals surface area contributed by atoms with Gasteiger partial charge in [0, 0.05) is 23.4 Å². The Balaban J connectivity index is 1.78. The van der Waals surface area contributed by atoms with Crippen LogP contribution in [0, 0.1) is 10.1 Å². The van der Waals surface area contributed by atoms with E-state index in [-0.39, 0.29) is 22.2 Å². The topological polar surface area (TPSA) is 103 Å². The molecule has 3 heterocycles. The fraction of sp³-hybridized carbons (Fsp3) is 0.308. The molecule has 2 saturated heterocycles. The minimum absolute atomic E-state index is 0.00324. The number of H-pyrrole nitrogens is 1. The Morgan fingerprint density at radius 2 is 2.25 bits per heavy atom. The second-order valence-corrected chi connectivity index (χ2v) is 5.24. The van der Waals surface area contributed by atoms with Gasteiger partial charge in [-0.1, -0.05) is 0 Å². The predicted molar refractivity (Wildman–Crippen MR) is 70.1 cm³/mol. The first-order valence-electron chi connectivity index (χ1n) is 6.33. The maximum absolute atomic E-state index is 11.2. The molecule has 1 spiro atoms. The van der Waals surface area contributed by atoms with Crippen LogP contribution in [-0.2, 0) is 4.74 Å². The summed E-state index contributed by atoms with van der Waals surface area (Å²) in [5, 5.41) is 21.2. The third-order valence-electron chi connectivity index (χ3n) is 3.99. The molecule has 2 N–H and O–H groups in total. The van der Waals surface area contributed by atoms with Crippen molar-refractivity contribution in [3.8, 4) is 11.1 Å². The minimum atomic E-state index is -0.332. The van der Waals surface area contributed by atoms with Crippen LogP contribution in [0.25, 0.3) is 11.1 Å². The maximum atomic E-state index is 11.2. The molecule has 1 atom stereocenters. The Bertz CT molecular complexity index is 679. The Labute approximate surface area is 114 Å². The van der Waals surface area contributed by atoms with E-state index in [0.29, 0.717) is 13.2 Å². The number of aromatic nitrogens is 2. The van der Waals surface area contributed by atoms with Crippen LogP contribution in [0.5, 0.6) is 0 Å². The second-order valence-electron chi connectivity index (χ2n) is 5.24. The zero-order valence-corrected chi connectivity index (χ0v) is 10.5. The molecule has 2 fully saturated rings. The number of nitro groups is 1. The fourth-order valence-corrected chi connectivity index (χ4v) is 2.73. The van der Waals surface area contributed by atoms with E-state index in [0.717, 1.165) is 16.7 Å². The summed E-state index contributed by atoms with van der Waals surface area (Å²) in [5.74, 6) is 0. The van der Waals surface area contributed by atoms with Crippen LogP contribution >= 0.6 is 0 Å². The molecule has 1 unspecified atom stereocenters. The number of ether oxygens (including phenoxy) is 1. The molecule has 1 aromatic carbocycles. The van der Waals surface area contributed by atoms with E-state index in [1.165, 1.54) is 0 Å². The smallest absolute Gasteiger partial charge is 0.274 e. The SMILES string of the molecule is O=[N+]([O-])c1ccc(-c2cn[nH]c2)cc1C1NC12COC2. The van der Waals surface area contributed by atoms with E-state index in [4.69, 9.17) is 4.74 Å². The van der Waals surface area contributed by atoms with Gasteiger partial charge in [0.05, 0.1) is 35.9 Å². The van der Waals surface area contributed by atoms with E-state index in [2.05, 4.69) is 15.5 Å². The number of rotatable bonds is 3. The molecule has 0 amide bonds. The van der Waals surface area contributed by atoms with Gasteiger partial charge in [-0.05, 0) is 17.7 Å². The lowest BCUT2D eigenvalue weighted by atomic mass is 9.94. The van der Waals surface area contributed by atoms with Gasteiger partial charge in [-0.15, -0.1) is 0 Å². The van der Waals surface area contributed by atoms with Crippen molar-refractivity contribution in [2.75, 3.05) is 13.2 Å². The Morgan fingerprint density at radius 1 is 1.40 bits per heavy atom. The number of aromatic amines is 1. The van der Waals surface area contributed by atoms with Crippen molar-refractivity contribution in [2.45, 2.75) is 11.6 Å². The lowest BCUT2D eigenvalue weighted by Gasteiger charge is -2.25. The van der Waals surface area contributed by atoms with E-state index >= 15 is 0 Å². The van der Waals surface area contributed by atoms with Crippen LogP contribution in [0.15, 0.2) is 30.6 Å². The monoisotopic (exact) mass is 272 g/mol. The van der Waals surface area contributed by atoms with Crippen LogP contribution < -0.4 is 5.32 Å². The van der Waals surface area contributed by atoms with Crippen LogP contribution in [0.3, 0.4) is 0 Å². The third kappa shape index (κ3) is 1.57. The first-order chi connectivity index (χ1) is 9.70. The molecule has 2 aromatic rings. The predicted octanol–water partition coefficient (Wildman–Crippen LogP) is 1.40. The molecule has 2 aliphatic heterocycles. The van der Waals surface area contributed by atoms with Gasteiger partial charge < -0.3 is 4.74 Å². The zero-order chi connectivity index (χ0) is 13.7. The second kappa shape index (κ2) is 3.87. The molecule has 2 aliphatic rings. The van der Waals surface area contributed by atoms with Crippen molar-refractivity contribution in [3.63, 3.8) is 0 Å². The van der Waals surface area contributed by atoms with Gasteiger partial charge in [-0.2, -0.15) is 5.10 Å². The number of nitrogens with one attached hydrogen (secondary N) is 2. The summed E-state index contributed by atoms with van der Waals surface area (Å²) in [6.45, 7) is 1.23. The molecule has 20 heavy (non-hydrogen) atoms. The molecule has 0 bridgehead atoms. The van der Waals surface area contributed by atoms with Crippen molar-refractivity contribution < 1.29 is 9.66 Å². The Kier molecular flexibility index (Phi) is 2.24. The summed E-state index contributed by atoms with van der Waals surface area (Å²) in [6.07, 6.45) is 3.47. The van der Waals surface area contributed by atoms with Crippen molar-refractivity contribution in [3.05, 3.63) is 46.3 Å². The highest BCUT2D eigenvalue weighted by Gasteiger charge is 2.61. The molecular formula is C13H12N4O3. The third-order valence-corrected chi connectivity index (χ3v) is 3.99. The van der Waals surface area contributed by atoms with Gasteiger partial charge >= 0.3 is 0 Å². The first kappa shape index (κ1) is 11.6. The van der Waals surface area contributed by atoms with Crippen molar-refractivity contribution in [1.29, 1.82) is 0 Å². The lowest BCUT2D eigenvalue weighted by molar-refractivity contribution is -0.385. The normalized spacial score (nSPS) is 22.5. The van der Waals surface area contributed by atoms with Gasteiger partial charge in [-0.25, -0.2) is 0 Å². The average Bonchev–Trinajstić information content (AvgIpc) is 2.95. The van der Waals surface area contributed by atoms with Gasteiger partial charge in [0.15, 0.2) is 0 Å². The van der Waals surface area contributed by atoms with Crippen LogP contribution in [0.4, 0.5) is 5.69 Å². The molecule has 0 radical (unpaired) electrons. The number of benzene rings is 1. The quantitative estimate of drug-likeness (QED) is 0.499. The molecule has 0 saturated carbocycles. The lowest BCUT2D eigenvalue weighted by Crippen LogP contribution is -2.40. The molecule has 1 aromatic heterocycles. The van der Waals surface area contributed by atoms with E-state index in [9.17, 15) is 10.1 Å². The van der Waals surface area contributed by atoms with Gasteiger partial charge in [0.25, 0.3) is 5.69 Å². The maximum Gasteiger partial charge on any atom is 0.274 e. The number of hydrogen-bond acceptors (Lipinski definition) is 5. The first-order valence-corrected chi connectivity index (χ1v) is 6.33. The fourth-order valence-electron chi connectivity index (χ4n) is 2.73. The van der Waals surface area contributed by atoms with Crippen molar-refractivity contribution >= 4 is 5.69 Å². The van der Waals surface area contributed by atoms with Crippen LogP contribution in [0.2, 0.25) is 0 Å². The molecular weight excluding hydrogens is 260 g/mol. The zero-order valence-electron chi connectivity index (χ0n) is 10.5. The Hall–Kier alpha value is -2.25. The summed E-state index contributed by atoms with van der Waals surface area (Å²) in [7, 11) is 0. The van der Waals surface area contributed by atoms with Crippen LogP contribution in [-0.4, -0.2) is 33.9 Å². The molecule has 7 nitrogen and oxygen atoms in total. The molecule has 4 rings (SSSR count). The van der Waals surface area contributed by atoms with E-state index in [1.54, 1.807) is 24.5 Å². The highest BCUT2D eigenvalue weighted by Crippen LogP contribution is 2.49. The van der Waals surface area contributed by atoms with Gasteiger partial charge in [0.2, 0.25) is 0 Å².